The first-order valence-corrected chi connectivity index (χ1v) is 11.9. The number of amides is 2. The SMILES string of the molecule is Cc1cccc2c1N(CC1CCC(NC(=O)c3cc(C(F)(F)F)ccc3Cl)CC1)C(=O)C2(C)C. The predicted molar refractivity (Wildman–Crippen MR) is 126 cm³/mol. The van der Waals surface area contributed by atoms with E-state index in [9.17, 15) is 22.8 Å². The molecule has 0 bridgehead atoms. The number of nitrogens with one attached hydrogen (secondary N) is 1. The molecule has 4 rings (SSSR count). The maximum atomic E-state index is 13.2. The summed E-state index contributed by atoms with van der Waals surface area (Å²) in [7, 11) is 0. The first-order valence-electron chi connectivity index (χ1n) is 11.5. The van der Waals surface area contributed by atoms with E-state index in [1.165, 1.54) is 0 Å². The molecule has 2 aromatic rings. The van der Waals surface area contributed by atoms with Crippen LogP contribution in [-0.4, -0.2) is 24.4 Å². The van der Waals surface area contributed by atoms with Gasteiger partial charge in [0.2, 0.25) is 5.91 Å². The van der Waals surface area contributed by atoms with Crippen LogP contribution >= 0.6 is 11.6 Å². The van der Waals surface area contributed by atoms with E-state index < -0.39 is 23.1 Å². The molecule has 1 fully saturated rings. The van der Waals surface area contributed by atoms with Crippen LogP contribution in [-0.2, 0) is 16.4 Å². The zero-order valence-electron chi connectivity index (χ0n) is 19.4. The quantitative estimate of drug-likeness (QED) is 0.546. The number of para-hydroxylation sites is 1. The van der Waals surface area contributed by atoms with Crippen LogP contribution in [0.5, 0.6) is 0 Å². The van der Waals surface area contributed by atoms with Crippen LogP contribution in [0.4, 0.5) is 18.9 Å². The van der Waals surface area contributed by atoms with Gasteiger partial charge in [0.15, 0.2) is 0 Å². The number of anilines is 1. The van der Waals surface area contributed by atoms with Gasteiger partial charge < -0.3 is 10.2 Å². The minimum absolute atomic E-state index is 0.0108. The zero-order valence-corrected chi connectivity index (χ0v) is 20.2. The molecule has 2 aromatic carbocycles. The van der Waals surface area contributed by atoms with Crippen molar-refractivity contribution in [1.82, 2.24) is 5.32 Å². The Balaban J connectivity index is 1.39. The third kappa shape index (κ3) is 4.54. The number of benzene rings is 2. The first kappa shape index (κ1) is 24.6. The number of fused-ring (bicyclic) bond motifs is 1. The van der Waals surface area contributed by atoms with Crippen LogP contribution in [0.1, 0.15) is 66.6 Å². The molecule has 1 N–H and O–H groups in total. The minimum Gasteiger partial charge on any atom is -0.349 e. The van der Waals surface area contributed by atoms with E-state index in [-0.39, 0.29) is 28.5 Å². The molecule has 0 unspecified atom stereocenters. The second-order valence-electron chi connectivity index (χ2n) is 9.90. The van der Waals surface area contributed by atoms with E-state index in [0.29, 0.717) is 19.4 Å². The summed E-state index contributed by atoms with van der Waals surface area (Å²) >= 11 is 6.00. The van der Waals surface area contributed by atoms with E-state index in [4.69, 9.17) is 11.6 Å². The lowest BCUT2D eigenvalue weighted by atomic mass is 9.85. The molecular formula is C26H28ClF3N2O2. The molecule has 0 aromatic heterocycles. The Morgan fingerprint density at radius 3 is 2.47 bits per heavy atom. The number of carbonyl (C=O) groups is 2. The van der Waals surface area contributed by atoms with Gasteiger partial charge in [-0.1, -0.05) is 29.8 Å². The van der Waals surface area contributed by atoms with Gasteiger partial charge in [0.05, 0.1) is 27.3 Å². The fraction of sp³-hybridized carbons (Fsp3) is 0.462. The highest BCUT2D eigenvalue weighted by atomic mass is 35.5. The molecule has 0 radical (unpaired) electrons. The molecule has 1 heterocycles. The number of hydrogen-bond acceptors (Lipinski definition) is 2. The van der Waals surface area contributed by atoms with Crippen LogP contribution in [0.15, 0.2) is 36.4 Å². The van der Waals surface area contributed by atoms with Crippen molar-refractivity contribution in [1.29, 1.82) is 0 Å². The van der Waals surface area contributed by atoms with Gasteiger partial charge in [0, 0.05) is 12.6 Å². The Labute approximate surface area is 202 Å². The van der Waals surface area contributed by atoms with Gasteiger partial charge >= 0.3 is 6.18 Å². The summed E-state index contributed by atoms with van der Waals surface area (Å²) in [5.74, 6) is -0.206. The van der Waals surface area contributed by atoms with Gasteiger partial charge in [0.1, 0.15) is 0 Å². The summed E-state index contributed by atoms with van der Waals surface area (Å²) in [4.78, 5) is 27.7. The first-order chi connectivity index (χ1) is 15.9. The molecule has 0 saturated heterocycles. The number of rotatable bonds is 4. The third-order valence-electron chi connectivity index (χ3n) is 7.12. The van der Waals surface area contributed by atoms with Crippen molar-refractivity contribution < 1.29 is 22.8 Å². The molecule has 2 amide bonds. The number of carbonyl (C=O) groups excluding carboxylic acids is 2. The Hall–Kier alpha value is -2.54. The van der Waals surface area contributed by atoms with Crippen LogP contribution in [0.3, 0.4) is 0 Å². The molecule has 34 heavy (non-hydrogen) atoms. The van der Waals surface area contributed by atoms with Gasteiger partial charge in [-0.05, 0) is 81.7 Å². The largest absolute Gasteiger partial charge is 0.416 e. The van der Waals surface area contributed by atoms with Crippen molar-refractivity contribution in [2.45, 2.75) is 64.1 Å². The maximum absolute atomic E-state index is 13.2. The Morgan fingerprint density at radius 1 is 1.15 bits per heavy atom. The van der Waals surface area contributed by atoms with Crippen LogP contribution in [0.25, 0.3) is 0 Å². The molecule has 182 valence electrons. The fourth-order valence-corrected chi connectivity index (χ4v) is 5.34. The lowest BCUT2D eigenvalue weighted by molar-refractivity contribution is -0.137. The maximum Gasteiger partial charge on any atom is 0.416 e. The minimum atomic E-state index is -4.55. The van der Waals surface area contributed by atoms with Crippen LogP contribution < -0.4 is 10.2 Å². The summed E-state index contributed by atoms with van der Waals surface area (Å²) in [5.41, 5.74) is 1.51. The predicted octanol–water partition coefficient (Wildman–Crippen LogP) is 6.28. The summed E-state index contributed by atoms with van der Waals surface area (Å²) in [6, 6.07) is 8.64. The Bertz CT molecular complexity index is 1120. The normalized spacial score (nSPS) is 22.0. The second-order valence-corrected chi connectivity index (χ2v) is 10.3. The highest BCUT2D eigenvalue weighted by Crippen LogP contribution is 2.44. The van der Waals surface area contributed by atoms with Gasteiger partial charge in [-0.15, -0.1) is 0 Å². The molecule has 4 nitrogen and oxygen atoms in total. The number of alkyl halides is 3. The molecule has 1 saturated carbocycles. The molecule has 2 aliphatic rings. The van der Waals surface area contributed by atoms with E-state index in [1.54, 1.807) is 0 Å². The Morgan fingerprint density at radius 2 is 1.82 bits per heavy atom. The van der Waals surface area contributed by atoms with Crippen molar-refractivity contribution in [3.8, 4) is 0 Å². The summed E-state index contributed by atoms with van der Waals surface area (Å²) in [5, 5.41) is 2.83. The summed E-state index contributed by atoms with van der Waals surface area (Å²) in [6.45, 7) is 6.56. The van der Waals surface area contributed by atoms with Crippen molar-refractivity contribution in [2.75, 3.05) is 11.4 Å². The van der Waals surface area contributed by atoms with Crippen molar-refractivity contribution in [3.63, 3.8) is 0 Å². The van der Waals surface area contributed by atoms with E-state index in [0.717, 1.165) is 47.9 Å². The van der Waals surface area contributed by atoms with Gasteiger partial charge in [-0.25, -0.2) is 0 Å². The molecular weight excluding hydrogens is 465 g/mol. The third-order valence-corrected chi connectivity index (χ3v) is 7.45. The van der Waals surface area contributed by atoms with E-state index in [1.807, 2.05) is 43.9 Å². The highest BCUT2D eigenvalue weighted by molar-refractivity contribution is 6.33. The average Bonchev–Trinajstić information content (AvgIpc) is 2.96. The number of aryl methyl sites for hydroxylation is 1. The fourth-order valence-electron chi connectivity index (χ4n) is 5.14. The van der Waals surface area contributed by atoms with Gasteiger partial charge in [0.25, 0.3) is 5.91 Å². The molecule has 0 atom stereocenters. The standard InChI is InChI=1S/C26H28ClF3N2O2/c1-15-5-4-6-20-22(15)32(24(34)25(20,2)3)14-16-7-10-18(11-8-16)31-23(33)19-13-17(26(28,29)30)9-12-21(19)27/h4-6,9,12-13,16,18H,7-8,10-11,14H2,1-3H3,(H,31,33). The smallest absolute Gasteiger partial charge is 0.349 e. The summed E-state index contributed by atoms with van der Waals surface area (Å²) in [6.07, 6.45) is -1.53. The van der Waals surface area contributed by atoms with E-state index >= 15 is 0 Å². The van der Waals surface area contributed by atoms with E-state index in [2.05, 4.69) is 5.32 Å². The lowest BCUT2D eigenvalue weighted by Crippen LogP contribution is -2.42. The van der Waals surface area contributed by atoms with Crippen LogP contribution in [0, 0.1) is 12.8 Å². The molecule has 8 heteroatoms. The number of halogens is 4. The monoisotopic (exact) mass is 492 g/mol. The van der Waals surface area contributed by atoms with Gasteiger partial charge in [-0.2, -0.15) is 13.2 Å². The van der Waals surface area contributed by atoms with Gasteiger partial charge in [-0.3, -0.25) is 9.59 Å². The average molecular weight is 493 g/mol. The van der Waals surface area contributed by atoms with Crippen LogP contribution in [0.2, 0.25) is 5.02 Å². The van der Waals surface area contributed by atoms with Crippen molar-refractivity contribution >= 4 is 29.1 Å². The molecule has 1 aliphatic carbocycles. The second kappa shape index (κ2) is 8.91. The van der Waals surface area contributed by atoms with Crippen molar-refractivity contribution in [3.05, 3.63) is 63.7 Å². The zero-order chi connectivity index (χ0) is 24.8. The number of hydrogen-bond donors (Lipinski definition) is 1. The summed E-state index contributed by atoms with van der Waals surface area (Å²) < 4.78 is 39.1. The topological polar surface area (TPSA) is 49.4 Å². The molecule has 1 aliphatic heterocycles. The highest BCUT2D eigenvalue weighted by Gasteiger charge is 2.45. The van der Waals surface area contributed by atoms with Crippen molar-refractivity contribution in [2.24, 2.45) is 5.92 Å². The molecule has 0 spiro atoms. The number of nitrogens with zero attached hydrogens (tertiary/aromatic N) is 1. The lowest BCUT2D eigenvalue weighted by Gasteiger charge is -2.32. The Kier molecular flexibility index (Phi) is 6.44.